The molecular formula is C25H19Cl3F10N2O2. The first kappa shape index (κ1) is 35.5. The van der Waals surface area contributed by atoms with E-state index in [-0.39, 0.29) is 33.6 Å². The molecule has 42 heavy (non-hydrogen) atoms. The van der Waals surface area contributed by atoms with E-state index in [0.717, 1.165) is 12.1 Å². The van der Waals surface area contributed by atoms with Crippen LogP contribution in [0.4, 0.5) is 43.9 Å². The molecule has 0 fully saturated rings. The number of carbonyl (C=O) groups excluding carboxylic acids is 2. The standard InChI is InChI=1S/C25H19Cl3F10N2O2/c1-2-19(39-20(41)5-6-23(30,31)32)40-22(42)13-4-3-11(7-15(13)25(36,37)38)18(29)10-14(24(33,34)35)12-8-16(26)21(28)17(27)9-12/h3-4,7-10,14,19H,2,5-6H2,1H3,(H,39,41)(H,40,42)/b18-10-/t14?,19-/m1/s1. The molecule has 0 saturated heterocycles. The Morgan fingerprint density at radius 1 is 0.905 bits per heavy atom. The highest BCUT2D eigenvalue weighted by atomic mass is 35.5. The van der Waals surface area contributed by atoms with Crippen molar-refractivity contribution in [3.05, 3.63) is 73.7 Å². The smallest absolute Gasteiger partial charge is 0.336 e. The SMILES string of the molecule is CC[C@H](NC(=O)CCC(F)(F)F)NC(=O)c1ccc(/C(F)=C/C(c2cc(Cl)c(Cl)c(Cl)c2)C(F)(F)F)cc1C(F)(F)F. The molecular weight excluding hydrogens is 657 g/mol. The highest BCUT2D eigenvalue weighted by Crippen LogP contribution is 2.43. The Morgan fingerprint density at radius 2 is 1.48 bits per heavy atom. The van der Waals surface area contributed by atoms with Crippen molar-refractivity contribution < 1.29 is 53.5 Å². The number of alkyl halides is 9. The van der Waals surface area contributed by atoms with Gasteiger partial charge in [-0.1, -0.05) is 47.8 Å². The highest BCUT2D eigenvalue weighted by Gasteiger charge is 2.41. The third kappa shape index (κ3) is 9.94. The normalized spacial score (nSPS) is 14.4. The molecule has 0 radical (unpaired) electrons. The van der Waals surface area contributed by atoms with Gasteiger partial charge in [-0.05, 0) is 42.3 Å². The largest absolute Gasteiger partial charge is 0.417 e. The minimum absolute atomic E-state index is 0.00524. The molecule has 0 bridgehead atoms. The monoisotopic (exact) mass is 674 g/mol. The average molecular weight is 676 g/mol. The van der Waals surface area contributed by atoms with Crippen molar-refractivity contribution in [3.8, 4) is 0 Å². The van der Waals surface area contributed by atoms with Crippen LogP contribution in [0.25, 0.3) is 5.83 Å². The summed E-state index contributed by atoms with van der Waals surface area (Å²) in [6.45, 7) is 1.36. The number of amides is 2. The lowest BCUT2D eigenvalue weighted by atomic mass is 9.95. The zero-order chi connectivity index (χ0) is 32.2. The maximum Gasteiger partial charge on any atom is 0.417 e. The molecule has 0 spiro atoms. The van der Waals surface area contributed by atoms with Crippen molar-refractivity contribution >= 4 is 52.4 Å². The summed E-state index contributed by atoms with van der Waals surface area (Å²) in [7, 11) is 0. The summed E-state index contributed by atoms with van der Waals surface area (Å²) in [6, 6.07) is 2.75. The van der Waals surface area contributed by atoms with Gasteiger partial charge in [-0.2, -0.15) is 39.5 Å². The fraction of sp³-hybridized carbons (Fsp3) is 0.360. The van der Waals surface area contributed by atoms with E-state index in [9.17, 15) is 49.1 Å². The van der Waals surface area contributed by atoms with Crippen molar-refractivity contribution in [2.45, 2.75) is 56.8 Å². The van der Waals surface area contributed by atoms with Crippen LogP contribution < -0.4 is 10.6 Å². The van der Waals surface area contributed by atoms with Crippen LogP contribution in [0.2, 0.25) is 15.1 Å². The molecule has 0 aromatic heterocycles. The van der Waals surface area contributed by atoms with Gasteiger partial charge in [0.25, 0.3) is 5.91 Å². The Hall–Kier alpha value is -2.71. The Balaban J connectivity index is 2.42. The molecule has 1 unspecified atom stereocenters. The van der Waals surface area contributed by atoms with E-state index in [1.807, 2.05) is 10.6 Å². The molecule has 2 aromatic rings. The zero-order valence-corrected chi connectivity index (χ0v) is 23.2. The van der Waals surface area contributed by atoms with Crippen molar-refractivity contribution in [2.24, 2.45) is 0 Å². The topological polar surface area (TPSA) is 58.2 Å². The molecule has 2 N–H and O–H groups in total. The van der Waals surface area contributed by atoms with Crippen LogP contribution in [0, 0.1) is 0 Å². The third-order valence-corrected chi connectivity index (χ3v) is 6.76. The fourth-order valence-corrected chi connectivity index (χ4v) is 4.11. The molecule has 0 aliphatic carbocycles. The van der Waals surface area contributed by atoms with Crippen molar-refractivity contribution in [1.29, 1.82) is 0 Å². The van der Waals surface area contributed by atoms with E-state index < -0.39 is 83.3 Å². The number of allylic oxidation sites excluding steroid dienone is 1. The molecule has 0 aliphatic heterocycles. The first-order chi connectivity index (χ1) is 19.1. The Bertz CT molecular complexity index is 1320. The Morgan fingerprint density at radius 3 is 1.95 bits per heavy atom. The van der Waals surface area contributed by atoms with Crippen LogP contribution in [-0.2, 0) is 11.0 Å². The summed E-state index contributed by atoms with van der Waals surface area (Å²) in [5, 5.41) is 3.00. The molecule has 0 saturated carbocycles. The zero-order valence-electron chi connectivity index (χ0n) is 21.0. The Kier molecular flexibility index (Phi) is 11.6. The van der Waals surface area contributed by atoms with Gasteiger partial charge >= 0.3 is 18.5 Å². The van der Waals surface area contributed by atoms with Gasteiger partial charge in [0.2, 0.25) is 5.91 Å². The third-order valence-electron chi connectivity index (χ3n) is 5.56. The molecule has 17 heteroatoms. The lowest BCUT2D eigenvalue weighted by Gasteiger charge is -2.21. The number of carbonyl (C=O) groups is 2. The van der Waals surface area contributed by atoms with Crippen LogP contribution in [0.5, 0.6) is 0 Å². The van der Waals surface area contributed by atoms with Crippen LogP contribution in [0.3, 0.4) is 0 Å². The maximum atomic E-state index is 15.0. The second kappa shape index (κ2) is 13.7. The quantitative estimate of drug-likeness (QED) is 0.158. The Labute approximate surface area is 247 Å². The number of hydrogen-bond donors (Lipinski definition) is 2. The lowest BCUT2D eigenvalue weighted by Crippen LogP contribution is -2.48. The van der Waals surface area contributed by atoms with E-state index in [1.165, 1.54) is 6.92 Å². The van der Waals surface area contributed by atoms with E-state index in [2.05, 4.69) is 0 Å². The highest BCUT2D eigenvalue weighted by molar-refractivity contribution is 6.48. The molecule has 4 nitrogen and oxygen atoms in total. The van der Waals surface area contributed by atoms with E-state index >= 15 is 4.39 Å². The lowest BCUT2D eigenvalue weighted by molar-refractivity contribution is -0.144. The van der Waals surface area contributed by atoms with Gasteiger partial charge in [0.15, 0.2) is 0 Å². The fourth-order valence-electron chi connectivity index (χ4n) is 3.50. The van der Waals surface area contributed by atoms with E-state index in [0.29, 0.717) is 12.1 Å². The van der Waals surface area contributed by atoms with Gasteiger partial charge < -0.3 is 10.6 Å². The minimum Gasteiger partial charge on any atom is -0.336 e. The van der Waals surface area contributed by atoms with Crippen LogP contribution >= 0.6 is 34.8 Å². The number of halogens is 13. The van der Waals surface area contributed by atoms with Gasteiger partial charge in [-0.25, -0.2) is 4.39 Å². The van der Waals surface area contributed by atoms with Crippen LogP contribution in [0.15, 0.2) is 36.4 Å². The predicted molar refractivity (Wildman–Crippen MR) is 136 cm³/mol. The first-order valence-electron chi connectivity index (χ1n) is 11.6. The van der Waals surface area contributed by atoms with Gasteiger partial charge in [-0.3, -0.25) is 9.59 Å². The van der Waals surface area contributed by atoms with E-state index in [1.54, 1.807) is 0 Å². The average Bonchev–Trinajstić information content (AvgIpc) is 2.86. The van der Waals surface area contributed by atoms with Crippen molar-refractivity contribution in [3.63, 3.8) is 0 Å². The maximum absolute atomic E-state index is 15.0. The van der Waals surface area contributed by atoms with Gasteiger partial charge in [-0.15, -0.1) is 0 Å². The molecule has 0 heterocycles. The molecule has 2 atom stereocenters. The molecule has 2 amide bonds. The number of hydrogen-bond acceptors (Lipinski definition) is 2. The predicted octanol–water partition coefficient (Wildman–Crippen LogP) is 9.25. The summed E-state index contributed by atoms with van der Waals surface area (Å²) in [6.07, 6.45) is -19.1. The summed E-state index contributed by atoms with van der Waals surface area (Å²) in [5.74, 6) is -7.03. The summed E-state index contributed by atoms with van der Waals surface area (Å²) in [4.78, 5) is 24.4. The molecule has 2 rings (SSSR count). The van der Waals surface area contributed by atoms with E-state index in [4.69, 9.17) is 34.8 Å². The van der Waals surface area contributed by atoms with Gasteiger partial charge in [0.05, 0.1) is 32.6 Å². The first-order valence-corrected chi connectivity index (χ1v) is 12.7. The summed E-state index contributed by atoms with van der Waals surface area (Å²) in [5.41, 5.74) is -4.45. The van der Waals surface area contributed by atoms with Crippen molar-refractivity contribution in [1.82, 2.24) is 10.6 Å². The minimum atomic E-state index is -5.30. The van der Waals surface area contributed by atoms with Crippen LogP contribution in [-0.4, -0.2) is 30.3 Å². The molecule has 232 valence electrons. The second-order valence-electron chi connectivity index (χ2n) is 8.71. The van der Waals surface area contributed by atoms with Crippen molar-refractivity contribution in [2.75, 3.05) is 0 Å². The molecule has 0 aliphatic rings. The van der Waals surface area contributed by atoms with Gasteiger partial charge in [0, 0.05) is 12.0 Å². The number of nitrogens with one attached hydrogen (secondary N) is 2. The van der Waals surface area contributed by atoms with Gasteiger partial charge in [0.1, 0.15) is 17.9 Å². The second-order valence-corrected chi connectivity index (χ2v) is 9.90. The summed E-state index contributed by atoms with van der Waals surface area (Å²) < 4.78 is 135. The summed E-state index contributed by atoms with van der Waals surface area (Å²) >= 11 is 17.3. The van der Waals surface area contributed by atoms with Crippen LogP contribution in [0.1, 0.15) is 59.2 Å². The number of rotatable bonds is 9. The number of benzene rings is 2. The molecule has 2 aromatic carbocycles.